The predicted octanol–water partition coefficient (Wildman–Crippen LogP) is 1.36. The summed E-state index contributed by atoms with van der Waals surface area (Å²) in [5, 5.41) is 0.795. The first kappa shape index (κ1) is 10.9. The smallest absolute Gasteiger partial charge is 0.151 e. The van der Waals surface area contributed by atoms with Gasteiger partial charge >= 0.3 is 0 Å². The van der Waals surface area contributed by atoms with Crippen molar-refractivity contribution in [1.82, 2.24) is 4.98 Å². The Hall–Kier alpha value is -1.62. The molecule has 0 saturated carbocycles. The van der Waals surface area contributed by atoms with Crippen LogP contribution in [0.3, 0.4) is 0 Å². The summed E-state index contributed by atoms with van der Waals surface area (Å²) in [6.45, 7) is 0. The summed E-state index contributed by atoms with van der Waals surface area (Å²) in [5.41, 5.74) is 7.76. The minimum Gasteiger partial charge on any atom is -0.398 e. The summed E-state index contributed by atoms with van der Waals surface area (Å²) in [6.07, 6.45) is 2.84. The highest BCUT2D eigenvalue weighted by molar-refractivity contribution is 7.89. The summed E-state index contributed by atoms with van der Waals surface area (Å²) in [6, 6.07) is 7.04. The van der Waals surface area contributed by atoms with E-state index in [-0.39, 0.29) is 5.75 Å². The number of nitrogens with two attached hydrogens (primary N) is 1. The molecule has 0 saturated heterocycles. The molecule has 0 aliphatic rings. The number of nitrogens with zero attached hydrogens (tertiary/aromatic N) is 1. The first-order valence-corrected chi connectivity index (χ1v) is 6.83. The van der Waals surface area contributed by atoms with Crippen LogP contribution in [0.25, 0.3) is 10.9 Å². The van der Waals surface area contributed by atoms with Crippen LogP contribution in [0.15, 0.2) is 30.5 Å². The van der Waals surface area contributed by atoms with Crippen molar-refractivity contribution in [2.75, 3.05) is 12.0 Å². The molecule has 0 fully saturated rings. The number of fused-ring (bicyclic) bond motifs is 1. The highest BCUT2D eigenvalue weighted by atomic mass is 32.2. The summed E-state index contributed by atoms with van der Waals surface area (Å²) >= 11 is 0. The number of nitrogen functional groups attached to an aromatic ring is 1. The molecule has 2 rings (SSSR count). The van der Waals surface area contributed by atoms with Crippen LogP contribution in [-0.2, 0) is 15.6 Å². The van der Waals surface area contributed by atoms with Gasteiger partial charge in [0.15, 0.2) is 9.84 Å². The third-order valence-corrected chi connectivity index (χ3v) is 3.14. The predicted molar refractivity (Wildman–Crippen MR) is 64.7 cm³/mol. The number of hydrogen-bond donors (Lipinski definition) is 1. The molecule has 4 nitrogen and oxygen atoms in total. The third-order valence-electron chi connectivity index (χ3n) is 2.30. The second kappa shape index (κ2) is 3.75. The minimum atomic E-state index is -3.06. The van der Waals surface area contributed by atoms with Crippen molar-refractivity contribution in [3.05, 3.63) is 36.0 Å². The number of anilines is 1. The van der Waals surface area contributed by atoms with Gasteiger partial charge in [-0.3, -0.25) is 4.98 Å². The molecule has 0 bridgehead atoms. The zero-order chi connectivity index (χ0) is 11.8. The van der Waals surface area contributed by atoms with E-state index >= 15 is 0 Å². The van der Waals surface area contributed by atoms with Crippen molar-refractivity contribution < 1.29 is 8.42 Å². The van der Waals surface area contributed by atoms with E-state index in [1.165, 1.54) is 6.26 Å². The molecule has 1 heterocycles. The van der Waals surface area contributed by atoms with E-state index in [4.69, 9.17) is 5.73 Å². The normalized spacial score (nSPS) is 11.8. The molecule has 0 aliphatic carbocycles. The Morgan fingerprint density at radius 3 is 2.75 bits per heavy atom. The fourth-order valence-electron chi connectivity index (χ4n) is 1.65. The molecule has 0 spiro atoms. The van der Waals surface area contributed by atoms with Crippen LogP contribution in [0, 0.1) is 0 Å². The molecule has 0 aliphatic heterocycles. The van der Waals surface area contributed by atoms with Crippen LogP contribution >= 0.6 is 0 Å². The summed E-state index contributed by atoms with van der Waals surface area (Å²) in [5.74, 6) is -0.0131. The second-order valence-electron chi connectivity index (χ2n) is 3.78. The maximum Gasteiger partial charge on any atom is 0.151 e. The minimum absolute atomic E-state index is 0.0131. The zero-order valence-electron chi connectivity index (χ0n) is 8.84. The quantitative estimate of drug-likeness (QED) is 0.799. The van der Waals surface area contributed by atoms with Crippen molar-refractivity contribution in [2.24, 2.45) is 0 Å². The monoisotopic (exact) mass is 236 g/mol. The average Bonchev–Trinajstić information content (AvgIpc) is 2.21. The highest BCUT2D eigenvalue weighted by Crippen LogP contribution is 2.23. The van der Waals surface area contributed by atoms with E-state index in [0.717, 1.165) is 5.39 Å². The van der Waals surface area contributed by atoms with Crippen molar-refractivity contribution in [2.45, 2.75) is 5.75 Å². The molecular formula is C11H12N2O2S. The van der Waals surface area contributed by atoms with Gasteiger partial charge in [0.1, 0.15) is 0 Å². The Balaban J connectivity index is 2.68. The summed E-state index contributed by atoms with van der Waals surface area (Å²) in [4.78, 5) is 4.18. The van der Waals surface area contributed by atoms with Crippen molar-refractivity contribution in [3.8, 4) is 0 Å². The molecule has 5 heteroatoms. The fourth-order valence-corrected chi connectivity index (χ4v) is 2.45. The number of pyridine rings is 1. The lowest BCUT2D eigenvalue weighted by Gasteiger charge is -2.06. The van der Waals surface area contributed by atoms with E-state index in [2.05, 4.69) is 4.98 Å². The van der Waals surface area contributed by atoms with E-state index in [9.17, 15) is 8.42 Å². The van der Waals surface area contributed by atoms with Crippen LogP contribution in [0.5, 0.6) is 0 Å². The average molecular weight is 236 g/mol. The van der Waals surface area contributed by atoms with Gasteiger partial charge in [-0.05, 0) is 23.8 Å². The maximum absolute atomic E-state index is 11.3. The van der Waals surface area contributed by atoms with Crippen molar-refractivity contribution >= 4 is 26.4 Å². The standard InChI is InChI=1S/C11H12N2O2S/c1-16(14,15)7-8-4-5-10(12)9-3-2-6-13-11(8)9/h2-6H,7,12H2,1H3. The maximum atomic E-state index is 11.3. The molecule has 2 N–H and O–H groups in total. The van der Waals surface area contributed by atoms with E-state index in [0.29, 0.717) is 16.8 Å². The summed E-state index contributed by atoms with van der Waals surface area (Å²) < 4.78 is 22.5. The summed E-state index contributed by atoms with van der Waals surface area (Å²) in [7, 11) is -3.06. The molecule has 84 valence electrons. The van der Waals surface area contributed by atoms with Gasteiger partial charge in [0.2, 0.25) is 0 Å². The van der Waals surface area contributed by atoms with Crippen LogP contribution in [0.2, 0.25) is 0 Å². The van der Waals surface area contributed by atoms with Gasteiger partial charge < -0.3 is 5.73 Å². The van der Waals surface area contributed by atoms with Gasteiger partial charge in [0.05, 0.1) is 11.3 Å². The Morgan fingerprint density at radius 2 is 2.06 bits per heavy atom. The molecule has 1 aromatic carbocycles. The lowest BCUT2D eigenvalue weighted by molar-refractivity contribution is 0.601. The molecule has 0 unspecified atom stereocenters. The van der Waals surface area contributed by atoms with Crippen LogP contribution < -0.4 is 5.73 Å². The topological polar surface area (TPSA) is 73.0 Å². The third kappa shape index (κ3) is 2.14. The van der Waals surface area contributed by atoms with E-state index < -0.39 is 9.84 Å². The van der Waals surface area contributed by atoms with Gasteiger partial charge in [-0.1, -0.05) is 6.07 Å². The Labute approximate surface area is 94.0 Å². The van der Waals surface area contributed by atoms with Gasteiger partial charge in [0, 0.05) is 23.5 Å². The zero-order valence-corrected chi connectivity index (χ0v) is 9.66. The molecule has 16 heavy (non-hydrogen) atoms. The second-order valence-corrected chi connectivity index (χ2v) is 5.92. The molecule has 2 aromatic rings. The number of benzene rings is 1. The Kier molecular flexibility index (Phi) is 2.55. The molecule has 0 atom stereocenters. The van der Waals surface area contributed by atoms with Crippen molar-refractivity contribution in [3.63, 3.8) is 0 Å². The molecule has 0 amide bonds. The molecular weight excluding hydrogens is 224 g/mol. The lowest BCUT2D eigenvalue weighted by atomic mass is 10.1. The molecule has 0 radical (unpaired) electrons. The molecule has 1 aromatic heterocycles. The van der Waals surface area contributed by atoms with Gasteiger partial charge in [-0.2, -0.15) is 0 Å². The van der Waals surface area contributed by atoms with Gasteiger partial charge in [-0.25, -0.2) is 8.42 Å². The van der Waals surface area contributed by atoms with Crippen LogP contribution in [0.4, 0.5) is 5.69 Å². The Morgan fingerprint density at radius 1 is 1.31 bits per heavy atom. The highest BCUT2D eigenvalue weighted by Gasteiger charge is 2.10. The van der Waals surface area contributed by atoms with Crippen LogP contribution in [-0.4, -0.2) is 19.7 Å². The fraction of sp³-hybridized carbons (Fsp3) is 0.182. The number of aromatic nitrogens is 1. The number of rotatable bonds is 2. The lowest BCUT2D eigenvalue weighted by Crippen LogP contribution is -2.02. The van der Waals surface area contributed by atoms with Crippen molar-refractivity contribution in [1.29, 1.82) is 0 Å². The first-order valence-electron chi connectivity index (χ1n) is 4.77. The van der Waals surface area contributed by atoms with E-state index in [1.54, 1.807) is 24.4 Å². The first-order chi connectivity index (χ1) is 7.47. The van der Waals surface area contributed by atoms with E-state index in [1.807, 2.05) is 6.07 Å². The van der Waals surface area contributed by atoms with Crippen LogP contribution in [0.1, 0.15) is 5.56 Å². The van der Waals surface area contributed by atoms with Gasteiger partial charge in [-0.15, -0.1) is 0 Å². The number of sulfone groups is 1. The number of hydrogen-bond acceptors (Lipinski definition) is 4. The SMILES string of the molecule is CS(=O)(=O)Cc1ccc(N)c2cccnc12. The van der Waals surface area contributed by atoms with Gasteiger partial charge in [0.25, 0.3) is 0 Å². The Bertz CT molecular complexity index is 635. The largest absolute Gasteiger partial charge is 0.398 e.